The summed E-state index contributed by atoms with van der Waals surface area (Å²) in [7, 11) is 0. The average molecular weight is 521 g/mol. The number of carbonyl (C=O) groups is 1. The zero-order valence-corrected chi connectivity index (χ0v) is 21.7. The van der Waals surface area contributed by atoms with Gasteiger partial charge in [-0.3, -0.25) is 9.69 Å². The van der Waals surface area contributed by atoms with Crippen LogP contribution in [0, 0.1) is 19.7 Å². The Labute approximate surface area is 221 Å². The lowest BCUT2D eigenvalue weighted by Crippen LogP contribution is -2.48. The standard InChI is InChI=1S/C28H30ClFN6O/c1-20-5-6-22(29)19-25(20)34-17-15-33(16-18-34)14-11-31-27(37)26-21(2)32-36(24-9-7-23(30)8-10-24)28(26)35-12-3-4-13-35/h3-10,12-13,19H,11,14-18H2,1-2H3,(H,31,37). The number of hydrogen-bond donors (Lipinski definition) is 1. The zero-order valence-electron chi connectivity index (χ0n) is 21.0. The molecule has 0 spiro atoms. The van der Waals surface area contributed by atoms with E-state index < -0.39 is 0 Å². The summed E-state index contributed by atoms with van der Waals surface area (Å²) in [4.78, 5) is 18.1. The van der Waals surface area contributed by atoms with Crippen LogP contribution in [0.5, 0.6) is 0 Å². The number of aromatic nitrogens is 3. The SMILES string of the molecule is Cc1ccc(Cl)cc1N1CCN(CCNC(=O)c2c(C)nn(-c3ccc(F)cc3)c2-n2cccc2)CC1. The molecule has 0 aliphatic carbocycles. The molecule has 37 heavy (non-hydrogen) atoms. The van der Waals surface area contributed by atoms with Crippen molar-refractivity contribution in [2.45, 2.75) is 13.8 Å². The fraction of sp³-hybridized carbons (Fsp3) is 0.286. The molecule has 9 heteroatoms. The highest BCUT2D eigenvalue weighted by Gasteiger charge is 2.24. The summed E-state index contributed by atoms with van der Waals surface area (Å²) in [5.74, 6) is 0.122. The van der Waals surface area contributed by atoms with Crippen molar-refractivity contribution >= 4 is 23.2 Å². The minimum atomic E-state index is -0.323. The van der Waals surface area contributed by atoms with Crippen molar-refractivity contribution in [1.82, 2.24) is 24.6 Å². The number of aryl methyl sites for hydroxylation is 2. The Morgan fingerprint density at radius 1 is 1.03 bits per heavy atom. The first-order valence-corrected chi connectivity index (χ1v) is 12.8. The second kappa shape index (κ2) is 10.8. The molecule has 0 atom stereocenters. The first-order valence-electron chi connectivity index (χ1n) is 12.4. The molecule has 7 nitrogen and oxygen atoms in total. The minimum Gasteiger partial charge on any atom is -0.369 e. The van der Waals surface area contributed by atoms with Gasteiger partial charge in [-0.15, -0.1) is 0 Å². The summed E-state index contributed by atoms with van der Waals surface area (Å²) >= 11 is 6.21. The maximum Gasteiger partial charge on any atom is 0.257 e. The van der Waals surface area contributed by atoms with E-state index in [1.54, 1.807) is 16.8 Å². The van der Waals surface area contributed by atoms with E-state index in [2.05, 4.69) is 33.2 Å². The lowest BCUT2D eigenvalue weighted by molar-refractivity contribution is 0.0947. The summed E-state index contributed by atoms with van der Waals surface area (Å²) in [6.45, 7) is 8.87. The summed E-state index contributed by atoms with van der Waals surface area (Å²) < 4.78 is 17.1. The molecule has 5 rings (SSSR count). The van der Waals surface area contributed by atoms with Crippen LogP contribution in [-0.2, 0) is 0 Å². The van der Waals surface area contributed by atoms with Gasteiger partial charge in [0.15, 0.2) is 5.82 Å². The highest BCUT2D eigenvalue weighted by Crippen LogP contribution is 2.26. The van der Waals surface area contributed by atoms with E-state index in [1.165, 1.54) is 23.4 Å². The normalized spacial score (nSPS) is 14.2. The van der Waals surface area contributed by atoms with Gasteiger partial charge in [0.2, 0.25) is 0 Å². The number of piperazine rings is 1. The fourth-order valence-electron chi connectivity index (χ4n) is 4.81. The average Bonchev–Trinajstić information content (AvgIpc) is 3.54. The van der Waals surface area contributed by atoms with Gasteiger partial charge in [0.05, 0.1) is 11.4 Å². The van der Waals surface area contributed by atoms with Crippen molar-refractivity contribution in [1.29, 1.82) is 0 Å². The van der Waals surface area contributed by atoms with Crippen molar-refractivity contribution in [3.05, 3.63) is 94.7 Å². The zero-order chi connectivity index (χ0) is 25.9. The third kappa shape index (κ3) is 5.40. The molecule has 0 unspecified atom stereocenters. The Morgan fingerprint density at radius 3 is 2.43 bits per heavy atom. The number of nitrogens with zero attached hydrogens (tertiary/aromatic N) is 5. The topological polar surface area (TPSA) is 58.3 Å². The number of carbonyl (C=O) groups excluding carboxylic acids is 1. The fourth-order valence-corrected chi connectivity index (χ4v) is 4.98. The molecule has 1 N–H and O–H groups in total. The molecule has 2 aromatic heterocycles. The molecule has 0 saturated carbocycles. The van der Waals surface area contributed by atoms with Crippen molar-refractivity contribution in [3.8, 4) is 11.5 Å². The Kier molecular flexibility index (Phi) is 7.30. The van der Waals surface area contributed by atoms with Gasteiger partial charge in [-0.05, 0) is 67.9 Å². The van der Waals surface area contributed by atoms with Crippen molar-refractivity contribution in [2.75, 3.05) is 44.2 Å². The minimum absolute atomic E-state index is 0.178. The predicted molar refractivity (Wildman–Crippen MR) is 145 cm³/mol. The van der Waals surface area contributed by atoms with Crippen LogP contribution in [0.2, 0.25) is 5.02 Å². The number of benzene rings is 2. The van der Waals surface area contributed by atoms with Crippen LogP contribution in [0.4, 0.5) is 10.1 Å². The molecule has 2 aromatic carbocycles. The lowest BCUT2D eigenvalue weighted by atomic mass is 10.1. The summed E-state index contributed by atoms with van der Waals surface area (Å²) in [6.07, 6.45) is 3.74. The van der Waals surface area contributed by atoms with Gasteiger partial charge in [-0.2, -0.15) is 5.10 Å². The van der Waals surface area contributed by atoms with Crippen LogP contribution in [0.15, 0.2) is 67.0 Å². The van der Waals surface area contributed by atoms with Crippen LogP contribution in [0.3, 0.4) is 0 Å². The molecular weight excluding hydrogens is 491 g/mol. The number of amides is 1. The van der Waals surface area contributed by atoms with Gasteiger partial charge in [0.1, 0.15) is 11.4 Å². The maximum absolute atomic E-state index is 13.5. The van der Waals surface area contributed by atoms with Crippen LogP contribution < -0.4 is 10.2 Å². The number of halogens is 2. The van der Waals surface area contributed by atoms with E-state index >= 15 is 0 Å². The Hall–Kier alpha value is -3.62. The molecule has 1 amide bonds. The highest BCUT2D eigenvalue weighted by atomic mass is 35.5. The molecule has 0 bridgehead atoms. The molecule has 1 saturated heterocycles. The number of rotatable bonds is 7. The molecule has 1 aliphatic heterocycles. The summed E-state index contributed by atoms with van der Waals surface area (Å²) in [5.41, 5.74) is 4.20. The number of nitrogens with one attached hydrogen (secondary N) is 1. The quantitative estimate of drug-likeness (QED) is 0.386. The van der Waals surface area contributed by atoms with E-state index in [-0.39, 0.29) is 11.7 Å². The second-order valence-electron chi connectivity index (χ2n) is 9.28. The van der Waals surface area contributed by atoms with E-state index in [0.29, 0.717) is 29.3 Å². The van der Waals surface area contributed by atoms with Gasteiger partial charge in [0, 0.05) is 62.4 Å². The van der Waals surface area contributed by atoms with Crippen LogP contribution in [-0.4, -0.2) is 64.4 Å². The first kappa shape index (κ1) is 25.0. The van der Waals surface area contributed by atoms with Gasteiger partial charge >= 0.3 is 0 Å². The van der Waals surface area contributed by atoms with Crippen LogP contribution >= 0.6 is 11.6 Å². The van der Waals surface area contributed by atoms with E-state index in [9.17, 15) is 9.18 Å². The third-order valence-electron chi connectivity index (χ3n) is 6.78. The first-order chi connectivity index (χ1) is 17.9. The smallest absolute Gasteiger partial charge is 0.257 e. The van der Waals surface area contributed by atoms with Crippen molar-refractivity contribution < 1.29 is 9.18 Å². The van der Waals surface area contributed by atoms with Crippen molar-refractivity contribution in [2.24, 2.45) is 0 Å². The molecule has 192 valence electrons. The lowest BCUT2D eigenvalue weighted by Gasteiger charge is -2.36. The monoisotopic (exact) mass is 520 g/mol. The summed E-state index contributed by atoms with van der Waals surface area (Å²) in [6, 6.07) is 15.9. The van der Waals surface area contributed by atoms with Crippen LogP contribution in [0.1, 0.15) is 21.6 Å². The van der Waals surface area contributed by atoms with Gasteiger partial charge in [-0.25, -0.2) is 9.07 Å². The third-order valence-corrected chi connectivity index (χ3v) is 7.02. The largest absolute Gasteiger partial charge is 0.369 e. The van der Waals surface area contributed by atoms with Gasteiger partial charge in [0.25, 0.3) is 5.91 Å². The molecule has 0 radical (unpaired) electrons. The van der Waals surface area contributed by atoms with E-state index in [1.807, 2.05) is 48.1 Å². The molecule has 1 aliphatic rings. The van der Waals surface area contributed by atoms with E-state index in [0.717, 1.165) is 37.7 Å². The van der Waals surface area contributed by atoms with Gasteiger partial charge in [-0.1, -0.05) is 17.7 Å². The molecule has 3 heterocycles. The molecular formula is C28H30ClFN6O. The summed E-state index contributed by atoms with van der Waals surface area (Å²) in [5, 5.41) is 8.46. The predicted octanol–water partition coefficient (Wildman–Crippen LogP) is 4.62. The maximum atomic E-state index is 13.5. The number of hydrogen-bond acceptors (Lipinski definition) is 4. The van der Waals surface area contributed by atoms with Crippen molar-refractivity contribution in [3.63, 3.8) is 0 Å². The Morgan fingerprint density at radius 2 is 1.73 bits per heavy atom. The Bertz CT molecular complexity index is 1370. The highest BCUT2D eigenvalue weighted by molar-refractivity contribution is 6.30. The Balaban J connectivity index is 1.24. The molecule has 4 aromatic rings. The number of anilines is 1. The second-order valence-corrected chi connectivity index (χ2v) is 9.71. The molecule has 1 fully saturated rings. The van der Waals surface area contributed by atoms with Crippen LogP contribution in [0.25, 0.3) is 11.5 Å². The van der Waals surface area contributed by atoms with E-state index in [4.69, 9.17) is 11.6 Å². The van der Waals surface area contributed by atoms with Gasteiger partial charge < -0.3 is 14.8 Å².